The Kier molecular flexibility index (Phi) is 6.09. The Morgan fingerprint density at radius 2 is 1.71 bits per heavy atom. The molecular weight excluding hydrogens is 304 g/mol. The number of anilines is 1. The molecule has 0 heterocycles. The number of hydrogen-bond acceptors (Lipinski definition) is 3. The van der Waals surface area contributed by atoms with Crippen LogP contribution in [0.3, 0.4) is 0 Å². The summed E-state index contributed by atoms with van der Waals surface area (Å²) in [6, 6.07) is 12.6. The average molecular weight is 326 g/mol. The molecule has 0 aliphatic heterocycles. The van der Waals surface area contributed by atoms with Gasteiger partial charge in [0.2, 0.25) is 0 Å². The quantitative estimate of drug-likeness (QED) is 0.714. The van der Waals surface area contributed by atoms with Crippen LogP contribution in [0.1, 0.15) is 34.0 Å². The summed E-state index contributed by atoms with van der Waals surface area (Å²) in [7, 11) is 0. The maximum Gasteiger partial charge on any atom is 0.319 e. The average Bonchev–Trinajstić information content (AvgIpc) is 2.55. The van der Waals surface area contributed by atoms with E-state index in [1.165, 1.54) is 6.92 Å². The Balaban J connectivity index is 1.82. The van der Waals surface area contributed by atoms with Gasteiger partial charge in [-0.3, -0.25) is 4.79 Å². The zero-order valence-electron chi connectivity index (χ0n) is 13.9. The van der Waals surface area contributed by atoms with Crippen molar-refractivity contribution in [3.8, 4) is 0 Å². The van der Waals surface area contributed by atoms with Crippen molar-refractivity contribution < 1.29 is 14.7 Å². The normalized spacial score (nSPS) is 10.3. The van der Waals surface area contributed by atoms with E-state index in [0.717, 1.165) is 16.7 Å². The molecule has 0 unspecified atom stereocenters. The predicted molar refractivity (Wildman–Crippen MR) is 94.3 cm³/mol. The van der Waals surface area contributed by atoms with Crippen molar-refractivity contribution in [1.82, 2.24) is 5.32 Å². The highest BCUT2D eigenvalue weighted by Crippen LogP contribution is 2.15. The molecule has 0 aromatic heterocycles. The Morgan fingerprint density at radius 3 is 2.29 bits per heavy atom. The van der Waals surface area contributed by atoms with Crippen molar-refractivity contribution in [1.29, 1.82) is 0 Å². The van der Waals surface area contributed by atoms with Crippen LogP contribution in [0, 0.1) is 6.92 Å². The number of nitrogens with one attached hydrogen (secondary N) is 2. The lowest BCUT2D eigenvalue weighted by Gasteiger charge is -2.10. The molecule has 2 aromatic rings. The van der Waals surface area contributed by atoms with Gasteiger partial charge < -0.3 is 15.7 Å². The maximum absolute atomic E-state index is 11.9. The minimum Gasteiger partial charge on any atom is -0.392 e. The molecule has 0 radical (unpaired) electrons. The third kappa shape index (κ3) is 4.93. The number of aryl methyl sites for hydroxylation is 1. The second-order valence-corrected chi connectivity index (χ2v) is 5.69. The lowest BCUT2D eigenvalue weighted by Crippen LogP contribution is -2.30. The van der Waals surface area contributed by atoms with Crippen LogP contribution in [0.4, 0.5) is 10.5 Å². The molecule has 2 amide bonds. The summed E-state index contributed by atoms with van der Waals surface area (Å²) in [4.78, 5) is 23.3. The van der Waals surface area contributed by atoms with E-state index in [-0.39, 0.29) is 18.4 Å². The number of carbonyl (C=O) groups excluding carboxylic acids is 2. The summed E-state index contributed by atoms with van der Waals surface area (Å²) >= 11 is 0. The van der Waals surface area contributed by atoms with Crippen LogP contribution >= 0.6 is 0 Å². The van der Waals surface area contributed by atoms with Gasteiger partial charge in [-0.1, -0.05) is 24.3 Å². The number of urea groups is 1. The molecule has 0 bridgehead atoms. The first-order valence-corrected chi connectivity index (χ1v) is 7.84. The van der Waals surface area contributed by atoms with E-state index in [2.05, 4.69) is 10.6 Å². The molecule has 0 saturated heterocycles. The number of benzene rings is 2. The Hall–Kier alpha value is -2.66. The fraction of sp³-hybridized carbons (Fsp3) is 0.263. The standard InChI is InChI=1S/C19H22N2O3/c1-13-11-17(7-8-18(13)14(2)23)21-19(24)20-10-9-15-3-5-16(12-22)6-4-15/h3-8,11,22H,9-10,12H2,1-2H3,(H2,20,21,24). The number of hydrogen-bond donors (Lipinski definition) is 3. The van der Waals surface area contributed by atoms with Gasteiger partial charge in [0, 0.05) is 17.8 Å². The lowest BCUT2D eigenvalue weighted by molar-refractivity contribution is 0.101. The van der Waals surface area contributed by atoms with Crippen LogP contribution in [0.2, 0.25) is 0 Å². The summed E-state index contributed by atoms with van der Waals surface area (Å²) in [6.45, 7) is 3.91. The zero-order valence-corrected chi connectivity index (χ0v) is 13.9. The number of aliphatic hydroxyl groups excluding tert-OH is 1. The SMILES string of the molecule is CC(=O)c1ccc(NC(=O)NCCc2ccc(CO)cc2)cc1C. The molecule has 0 aliphatic rings. The van der Waals surface area contributed by atoms with Gasteiger partial charge in [-0.15, -0.1) is 0 Å². The molecule has 5 nitrogen and oxygen atoms in total. The van der Waals surface area contributed by atoms with E-state index in [1.807, 2.05) is 31.2 Å². The topological polar surface area (TPSA) is 78.4 Å². The van der Waals surface area contributed by atoms with E-state index >= 15 is 0 Å². The monoisotopic (exact) mass is 326 g/mol. The summed E-state index contributed by atoms with van der Waals surface area (Å²) in [5.41, 5.74) is 4.11. The maximum atomic E-state index is 11.9. The number of amides is 2. The van der Waals surface area contributed by atoms with Gasteiger partial charge in [0.15, 0.2) is 5.78 Å². The Labute approximate surface area is 141 Å². The highest BCUT2D eigenvalue weighted by atomic mass is 16.3. The van der Waals surface area contributed by atoms with Crippen LogP contribution in [-0.2, 0) is 13.0 Å². The molecule has 126 valence electrons. The van der Waals surface area contributed by atoms with Gasteiger partial charge in [0.25, 0.3) is 0 Å². The Bertz CT molecular complexity index is 724. The fourth-order valence-electron chi connectivity index (χ4n) is 2.44. The first-order chi connectivity index (χ1) is 11.5. The zero-order chi connectivity index (χ0) is 17.5. The van der Waals surface area contributed by atoms with Crippen molar-refractivity contribution >= 4 is 17.5 Å². The number of aliphatic hydroxyl groups is 1. The predicted octanol–water partition coefficient (Wildman–Crippen LogP) is 3.05. The van der Waals surface area contributed by atoms with Crippen LogP contribution in [0.25, 0.3) is 0 Å². The van der Waals surface area contributed by atoms with E-state index in [0.29, 0.717) is 24.2 Å². The largest absolute Gasteiger partial charge is 0.392 e. The molecule has 0 aliphatic carbocycles. The second-order valence-electron chi connectivity index (χ2n) is 5.69. The molecule has 5 heteroatoms. The van der Waals surface area contributed by atoms with Crippen molar-refractivity contribution in [2.75, 3.05) is 11.9 Å². The van der Waals surface area contributed by atoms with E-state index in [1.54, 1.807) is 18.2 Å². The van der Waals surface area contributed by atoms with Gasteiger partial charge >= 0.3 is 6.03 Å². The molecule has 2 aromatic carbocycles. The molecule has 2 rings (SSSR count). The second kappa shape index (κ2) is 8.26. The molecule has 0 spiro atoms. The van der Waals surface area contributed by atoms with Gasteiger partial charge in [-0.2, -0.15) is 0 Å². The van der Waals surface area contributed by atoms with E-state index < -0.39 is 0 Å². The molecular formula is C19H22N2O3. The summed E-state index contributed by atoms with van der Waals surface area (Å²) in [5.74, 6) is 0.00992. The molecule has 0 atom stereocenters. The van der Waals surface area contributed by atoms with Gasteiger partial charge in [0.05, 0.1) is 6.61 Å². The number of Topliss-reactive ketones (excluding diaryl/α,β-unsaturated/α-hetero) is 1. The third-order valence-corrected chi connectivity index (χ3v) is 3.77. The van der Waals surface area contributed by atoms with Crippen LogP contribution < -0.4 is 10.6 Å². The van der Waals surface area contributed by atoms with Crippen LogP contribution in [0.5, 0.6) is 0 Å². The molecule has 0 saturated carbocycles. The van der Waals surface area contributed by atoms with Crippen LogP contribution in [0.15, 0.2) is 42.5 Å². The number of carbonyl (C=O) groups is 2. The smallest absolute Gasteiger partial charge is 0.319 e. The summed E-state index contributed by atoms with van der Waals surface area (Å²) < 4.78 is 0. The molecule has 3 N–H and O–H groups in total. The van der Waals surface area contributed by atoms with E-state index in [9.17, 15) is 9.59 Å². The molecule has 24 heavy (non-hydrogen) atoms. The van der Waals surface area contributed by atoms with Crippen LogP contribution in [-0.4, -0.2) is 23.5 Å². The summed E-state index contributed by atoms with van der Waals surface area (Å²) in [6.07, 6.45) is 0.710. The third-order valence-electron chi connectivity index (χ3n) is 3.77. The minimum absolute atomic E-state index is 0.00992. The highest BCUT2D eigenvalue weighted by Gasteiger charge is 2.06. The highest BCUT2D eigenvalue weighted by molar-refractivity contribution is 5.96. The van der Waals surface area contributed by atoms with Crippen molar-refractivity contribution in [3.63, 3.8) is 0 Å². The summed E-state index contributed by atoms with van der Waals surface area (Å²) in [5, 5.41) is 14.6. The fourth-order valence-corrected chi connectivity index (χ4v) is 2.44. The van der Waals surface area contributed by atoms with E-state index in [4.69, 9.17) is 5.11 Å². The lowest BCUT2D eigenvalue weighted by atomic mass is 10.1. The number of ketones is 1. The van der Waals surface area contributed by atoms with Crippen molar-refractivity contribution in [3.05, 3.63) is 64.7 Å². The van der Waals surface area contributed by atoms with Gasteiger partial charge in [-0.25, -0.2) is 4.79 Å². The van der Waals surface area contributed by atoms with Gasteiger partial charge in [0.1, 0.15) is 0 Å². The molecule has 0 fully saturated rings. The van der Waals surface area contributed by atoms with Crippen molar-refractivity contribution in [2.24, 2.45) is 0 Å². The van der Waals surface area contributed by atoms with Gasteiger partial charge in [-0.05, 0) is 55.2 Å². The Morgan fingerprint density at radius 1 is 1.04 bits per heavy atom. The first kappa shape index (κ1) is 17.7. The first-order valence-electron chi connectivity index (χ1n) is 7.84. The minimum atomic E-state index is -0.281. The number of rotatable bonds is 6. The van der Waals surface area contributed by atoms with Crippen molar-refractivity contribution in [2.45, 2.75) is 26.9 Å².